The molecule has 1 aromatic carbocycles. The Labute approximate surface area is 148 Å². The van der Waals surface area contributed by atoms with Gasteiger partial charge >= 0.3 is 0 Å². The molecule has 0 saturated heterocycles. The number of anilines is 2. The highest BCUT2D eigenvalue weighted by molar-refractivity contribution is 6.38. The predicted molar refractivity (Wildman–Crippen MR) is 94.9 cm³/mol. The van der Waals surface area contributed by atoms with E-state index in [0.29, 0.717) is 28.6 Å². The molecule has 10 heteroatoms. The Bertz CT molecular complexity index is 747. The van der Waals surface area contributed by atoms with Crippen LogP contribution in [0.2, 0.25) is 10.0 Å². The minimum absolute atomic E-state index is 0.0157. The van der Waals surface area contributed by atoms with Crippen LogP contribution < -0.4 is 16.8 Å². The number of halogens is 2. The van der Waals surface area contributed by atoms with Crippen molar-refractivity contribution in [1.82, 2.24) is 15.0 Å². The molecule has 0 aliphatic carbocycles. The average molecular weight is 368 g/mol. The normalized spacial score (nSPS) is 11.0. The maximum absolute atomic E-state index is 11.7. The van der Waals surface area contributed by atoms with E-state index in [1.807, 2.05) is 0 Å². The van der Waals surface area contributed by atoms with Gasteiger partial charge in [-0.1, -0.05) is 29.3 Å². The minimum Gasteiger partial charge on any atom is -0.368 e. The summed E-state index contributed by atoms with van der Waals surface area (Å²) in [4.78, 5) is 27.5. The maximum atomic E-state index is 11.7. The zero-order chi connectivity index (χ0) is 17.5. The van der Waals surface area contributed by atoms with Gasteiger partial charge < -0.3 is 11.5 Å². The molecule has 5 N–H and O–H groups in total. The third-order valence-corrected chi connectivity index (χ3v) is 3.47. The molecule has 0 radical (unpaired) electrons. The Hall–Kier alpha value is -2.29. The lowest BCUT2D eigenvalue weighted by Crippen LogP contribution is -2.16. The lowest BCUT2D eigenvalue weighted by atomic mass is 10.2. The molecule has 126 valence electrons. The molecule has 2 rings (SSSR count). The Morgan fingerprint density at radius 1 is 1.25 bits per heavy atom. The zero-order valence-corrected chi connectivity index (χ0v) is 14.1. The summed E-state index contributed by atoms with van der Waals surface area (Å²) in [7, 11) is 0. The van der Waals surface area contributed by atoms with E-state index in [1.165, 1.54) is 6.21 Å². The highest BCUT2D eigenvalue weighted by Crippen LogP contribution is 2.23. The van der Waals surface area contributed by atoms with Crippen LogP contribution in [0, 0.1) is 0 Å². The summed E-state index contributed by atoms with van der Waals surface area (Å²) in [5.74, 6) is -0.304. The van der Waals surface area contributed by atoms with Crippen LogP contribution in [0.1, 0.15) is 18.4 Å². The predicted octanol–water partition coefficient (Wildman–Crippen LogP) is 2.19. The molecule has 0 bridgehead atoms. The van der Waals surface area contributed by atoms with Crippen molar-refractivity contribution < 1.29 is 4.79 Å². The van der Waals surface area contributed by atoms with Gasteiger partial charge in [0.25, 0.3) is 5.95 Å². The lowest BCUT2D eigenvalue weighted by molar-refractivity contribution is -0.116. The molecule has 1 heterocycles. The first kappa shape index (κ1) is 18.1. The fraction of sp³-hybridized carbons (Fsp3) is 0.214. The number of hydrogen-bond donors (Lipinski definition) is 3. The van der Waals surface area contributed by atoms with Crippen molar-refractivity contribution in [3.63, 3.8) is 0 Å². The highest BCUT2D eigenvalue weighted by atomic mass is 35.5. The second-order valence-corrected chi connectivity index (χ2v) is 5.47. The Kier molecular flexibility index (Phi) is 6.42. The molecule has 8 nitrogen and oxygen atoms in total. The van der Waals surface area contributed by atoms with Gasteiger partial charge in [0.05, 0.1) is 10.0 Å². The zero-order valence-electron chi connectivity index (χ0n) is 12.5. The van der Waals surface area contributed by atoms with Crippen molar-refractivity contribution in [2.45, 2.75) is 12.8 Å². The number of carbonyl (C=O) groups is 1. The number of benzene rings is 1. The Morgan fingerprint density at radius 2 is 1.96 bits per heavy atom. The molecule has 0 fully saturated rings. The first-order chi connectivity index (χ1) is 11.5. The van der Waals surface area contributed by atoms with Crippen molar-refractivity contribution in [2.24, 2.45) is 10.7 Å². The van der Waals surface area contributed by atoms with Gasteiger partial charge in [0.15, 0.2) is 0 Å². The van der Waals surface area contributed by atoms with Gasteiger partial charge in [0.1, 0.15) is 0 Å². The molecule has 0 spiro atoms. The molecule has 0 unspecified atom stereocenters. The second kappa shape index (κ2) is 8.53. The Morgan fingerprint density at radius 3 is 2.62 bits per heavy atom. The van der Waals surface area contributed by atoms with E-state index in [2.05, 4.69) is 25.3 Å². The van der Waals surface area contributed by atoms with Crippen LogP contribution >= 0.6 is 23.2 Å². The molecule has 0 atom stereocenters. The number of nitrogen functional groups attached to an aromatic ring is 1. The van der Waals surface area contributed by atoms with E-state index in [-0.39, 0.29) is 30.2 Å². The van der Waals surface area contributed by atoms with Crippen LogP contribution in [0.25, 0.3) is 0 Å². The second-order valence-electron chi connectivity index (χ2n) is 4.65. The van der Waals surface area contributed by atoms with E-state index < -0.39 is 0 Å². The summed E-state index contributed by atoms with van der Waals surface area (Å²) < 4.78 is 0. The van der Waals surface area contributed by atoms with Gasteiger partial charge in [-0.05, 0) is 25.1 Å². The lowest BCUT2D eigenvalue weighted by Gasteiger charge is -2.04. The van der Waals surface area contributed by atoms with Crippen LogP contribution in [-0.4, -0.2) is 33.6 Å². The van der Waals surface area contributed by atoms with E-state index >= 15 is 0 Å². The smallest absolute Gasteiger partial charge is 0.255 e. The number of rotatable bonds is 6. The number of carbonyl (C=O) groups excluding carboxylic acids is 1. The van der Waals surface area contributed by atoms with Gasteiger partial charge in [0, 0.05) is 18.2 Å². The monoisotopic (exact) mass is 367 g/mol. The SMILES string of the molecule is NCCCC(=O)Nc1nc(N)nc(/N=C/c2c(Cl)cccc2Cl)n1. The summed E-state index contributed by atoms with van der Waals surface area (Å²) >= 11 is 12.1. The average Bonchev–Trinajstić information content (AvgIpc) is 2.52. The molecule has 1 amide bonds. The van der Waals surface area contributed by atoms with Crippen LogP contribution in [0.4, 0.5) is 17.8 Å². The standard InChI is InChI=1S/C14H15Cl2N7O/c15-9-3-1-4-10(16)8(9)7-19-13-21-12(18)22-14(23-13)20-11(24)5-2-6-17/h1,3-4,7H,2,5-6,17H2,(H3,18,20,21,22,23,24)/b19-7+. The van der Waals surface area contributed by atoms with Crippen LogP contribution in [0.3, 0.4) is 0 Å². The van der Waals surface area contributed by atoms with E-state index in [1.54, 1.807) is 18.2 Å². The number of amides is 1. The number of aliphatic imine (C=N–C) groups is 1. The van der Waals surface area contributed by atoms with Crippen molar-refractivity contribution in [1.29, 1.82) is 0 Å². The molecule has 2 aromatic rings. The van der Waals surface area contributed by atoms with Crippen molar-refractivity contribution in [2.75, 3.05) is 17.6 Å². The van der Waals surface area contributed by atoms with Crippen molar-refractivity contribution in [3.8, 4) is 0 Å². The summed E-state index contributed by atoms with van der Waals surface area (Å²) in [5, 5.41) is 3.38. The number of nitrogens with one attached hydrogen (secondary N) is 1. The van der Waals surface area contributed by atoms with Crippen LogP contribution in [-0.2, 0) is 4.79 Å². The molecule has 1 aromatic heterocycles. The van der Waals surface area contributed by atoms with Gasteiger partial charge in [-0.25, -0.2) is 4.99 Å². The van der Waals surface area contributed by atoms with Crippen LogP contribution in [0.15, 0.2) is 23.2 Å². The first-order valence-electron chi connectivity index (χ1n) is 6.99. The van der Waals surface area contributed by atoms with Gasteiger partial charge in [0.2, 0.25) is 17.8 Å². The van der Waals surface area contributed by atoms with Gasteiger partial charge in [-0.3, -0.25) is 10.1 Å². The summed E-state index contributed by atoms with van der Waals surface area (Å²) in [5.41, 5.74) is 11.5. The third-order valence-electron chi connectivity index (χ3n) is 2.81. The quantitative estimate of drug-likeness (QED) is 0.670. The van der Waals surface area contributed by atoms with E-state index in [9.17, 15) is 4.79 Å². The topological polar surface area (TPSA) is 132 Å². The fourth-order valence-corrected chi connectivity index (χ4v) is 2.20. The van der Waals surface area contributed by atoms with E-state index in [0.717, 1.165) is 0 Å². The first-order valence-corrected chi connectivity index (χ1v) is 7.74. The number of nitrogens with zero attached hydrogens (tertiary/aromatic N) is 4. The van der Waals surface area contributed by atoms with Gasteiger partial charge in [-0.15, -0.1) is 0 Å². The number of nitrogens with two attached hydrogens (primary N) is 2. The highest BCUT2D eigenvalue weighted by Gasteiger charge is 2.08. The largest absolute Gasteiger partial charge is 0.368 e. The number of aromatic nitrogens is 3. The molecule has 0 aliphatic rings. The minimum atomic E-state index is -0.268. The van der Waals surface area contributed by atoms with Crippen LogP contribution in [0.5, 0.6) is 0 Å². The molecular weight excluding hydrogens is 353 g/mol. The fourth-order valence-electron chi connectivity index (χ4n) is 1.70. The third kappa shape index (κ3) is 5.12. The van der Waals surface area contributed by atoms with Gasteiger partial charge in [-0.2, -0.15) is 15.0 Å². The molecular formula is C14H15Cl2N7O. The van der Waals surface area contributed by atoms with Crippen molar-refractivity contribution >= 4 is 53.2 Å². The molecule has 24 heavy (non-hydrogen) atoms. The number of hydrogen-bond acceptors (Lipinski definition) is 7. The molecule has 0 aliphatic heterocycles. The van der Waals surface area contributed by atoms with Crippen molar-refractivity contribution in [3.05, 3.63) is 33.8 Å². The Balaban J connectivity index is 2.19. The maximum Gasteiger partial charge on any atom is 0.255 e. The summed E-state index contributed by atoms with van der Waals surface area (Å²) in [6, 6.07) is 5.08. The van der Waals surface area contributed by atoms with E-state index in [4.69, 9.17) is 34.7 Å². The summed E-state index contributed by atoms with van der Waals surface area (Å²) in [6.45, 7) is 0.418. The molecule has 0 saturated carbocycles. The summed E-state index contributed by atoms with van der Waals surface area (Å²) in [6.07, 6.45) is 2.23.